The Balaban J connectivity index is 2.12. The zero-order valence-electron chi connectivity index (χ0n) is 15.8. The number of ether oxygens (including phenoxy) is 2. The van der Waals surface area contributed by atoms with Crippen LogP contribution in [0.2, 0.25) is 0 Å². The minimum Gasteiger partial charge on any atom is -0.493 e. The van der Waals surface area contributed by atoms with Gasteiger partial charge in [-0.2, -0.15) is 13.2 Å². The van der Waals surface area contributed by atoms with Crippen LogP contribution in [0, 0.1) is 0 Å². The molecular formula is C20H22F3NO3S. The van der Waals surface area contributed by atoms with Gasteiger partial charge in [-0.15, -0.1) is 11.8 Å². The maximum atomic E-state index is 13.4. The van der Waals surface area contributed by atoms with E-state index in [1.807, 2.05) is 13.8 Å². The van der Waals surface area contributed by atoms with Gasteiger partial charge in [-0.25, -0.2) is 0 Å². The zero-order valence-corrected chi connectivity index (χ0v) is 16.6. The van der Waals surface area contributed by atoms with Gasteiger partial charge in [-0.05, 0) is 36.8 Å². The van der Waals surface area contributed by atoms with Crippen molar-refractivity contribution >= 4 is 23.4 Å². The SMILES string of the molecule is CCC(C)Sc1ccc(NC(=O)COc2ccccc2OC)c(C(F)(F)F)c1. The van der Waals surface area contributed by atoms with Crippen LogP contribution in [0.25, 0.3) is 0 Å². The van der Waals surface area contributed by atoms with E-state index in [-0.39, 0.29) is 10.9 Å². The minimum absolute atomic E-state index is 0.191. The standard InChI is InChI=1S/C20H22F3NO3S/c1-4-13(2)28-14-9-10-16(15(11-14)20(21,22)23)24-19(25)12-27-18-8-6-5-7-17(18)26-3/h5-11,13H,4,12H2,1-3H3,(H,24,25). The first kappa shape index (κ1) is 21.9. The zero-order chi connectivity index (χ0) is 20.7. The first-order chi connectivity index (χ1) is 13.2. The molecule has 0 aliphatic heterocycles. The number of benzene rings is 2. The van der Waals surface area contributed by atoms with Gasteiger partial charge in [0.25, 0.3) is 5.91 Å². The Labute approximate surface area is 166 Å². The fourth-order valence-electron chi connectivity index (χ4n) is 2.32. The lowest BCUT2D eigenvalue weighted by molar-refractivity contribution is -0.137. The first-order valence-electron chi connectivity index (χ1n) is 8.68. The fraction of sp³-hybridized carbons (Fsp3) is 0.350. The third-order valence-electron chi connectivity index (χ3n) is 3.91. The van der Waals surface area contributed by atoms with Crippen LogP contribution in [-0.4, -0.2) is 24.9 Å². The number of alkyl halides is 3. The van der Waals surface area contributed by atoms with Gasteiger partial charge < -0.3 is 14.8 Å². The third-order valence-corrected chi connectivity index (χ3v) is 5.17. The molecule has 0 heterocycles. The minimum atomic E-state index is -4.59. The van der Waals surface area contributed by atoms with Gasteiger partial charge in [0.1, 0.15) is 0 Å². The molecule has 1 N–H and O–H groups in total. The second-order valence-corrected chi connectivity index (χ2v) is 7.54. The van der Waals surface area contributed by atoms with E-state index in [9.17, 15) is 18.0 Å². The van der Waals surface area contributed by atoms with Crippen LogP contribution in [-0.2, 0) is 11.0 Å². The topological polar surface area (TPSA) is 47.6 Å². The van der Waals surface area contributed by atoms with Crippen LogP contribution in [0.15, 0.2) is 47.4 Å². The summed E-state index contributed by atoms with van der Waals surface area (Å²) in [6.07, 6.45) is -3.75. The molecule has 0 saturated carbocycles. The average Bonchev–Trinajstić information content (AvgIpc) is 2.66. The molecule has 0 aromatic heterocycles. The molecule has 1 unspecified atom stereocenters. The predicted octanol–water partition coefficient (Wildman–Crippen LogP) is 5.62. The summed E-state index contributed by atoms with van der Waals surface area (Å²) in [6, 6.07) is 10.6. The molecule has 2 aromatic carbocycles. The molecule has 4 nitrogen and oxygen atoms in total. The summed E-state index contributed by atoms with van der Waals surface area (Å²) in [4.78, 5) is 12.6. The number of amides is 1. The number of carbonyl (C=O) groups excluding carboxylic acids is 1. The number of rotatable bonds is 8. The van der Waals surface area contributed by atoms with Crippen molar-refractivity contribution in [2.45, 2.75) is 36.6 Å². The van der Waals surface area contributed by atoms with Gasteiger partial charge in [-0.1, -0.05) is 26.0 Å². The molecule has 0 bridgehead atoms. The molecule has 0 saturated heterocycles. The molecule has 8 heteroatoms. The van der Waals surface area contributed by atoms with Crippen molar-refractivity contribution in [3.63, 3.8) is 0 Å². The van der Waals surface area contributed by atoms with E-state index in [0.717, 1.165) is 12.5 Å². The van der Waals surface area contributed by atoms with Crippen LogP contribution in [0.4, 0.5) is 18.9 Å². The fourth-order valence-corrected chi connectivity index (χ4v) is 3.29. The largest absolute Gasteiger partial charge is 0.493 e. The van der Waals surface area contributed by atoms with Crippen molar-refractivity contribution in [3.05, 3.63) is 48.0 Å². The number of para-hydroxylation sites is 2. The van der Waals surface area contributed by atoms with Crippen LogP contribution >= 0.6 is 11.8 Å². The molecule has 0 aliphatic carbocycles. The highest BCUT2D eigenvalue weighted by Gasteiger charge is 2.34. The summed E-state index contributed by atoms with van der Waals surface area (Å²) in [5.74, 6) is 0.0629. The number of carbonyl (C=O) groups is 1. The van der Waals surface area contributed by atoms with E-state index in [2.05, 4.69) is 5.32 Å². The Morgan fingerprint density at radius 2 is 1.86 bits per heavy atom. The van der Waals surface area contributed by atoms with Gasteiger partial charge in [0, 0.05) is 10.1 Å². The summed E-state index contributed by atoms with van der Waals surface area (Å²) in [7, 11) is 1.46. The molecule has 0 radical (unpaired) electrons. The van der Waals surface area contributed by atoms with Crippen molar-refractivity contribution in [2.24, 2.45) is 0 Å². The average molecular weight is 413 g/mol. The highest BCUT2D eigenvalue weighted by Crippen LogP contribution is 2.38. The van der Waals surface area contributed by atoms with Crippen molar-refractivity contribution in [1.29, 1.82) is 0 Å². The van der Waals surface area contributed by atoms with Crippen LogP contribution in [0.1, 0.15) is 25.8 Å². The molecule has 28 heavy (non-hydrogen) atoms. The Hall–Kier alpha value is -2.35. The van der Waals surface area contributed by atoms with Crippen molar-refractivity contribution in [3.8, 4) is 11.5 Å². The number of nitrogens with one attached hydrogen (secondary N) is 1. The lowest BCUT2D eigenvalue weighted by Gasteiger charge is -2.17. The second kappa shape index (κ2) is 9.73. The van der Waals surface area contributed by atoms with E-state index >= 15 is 0 Å². The number of hydrogen-bond acceptors (Lipinski definition) is 4. The summed E-state index contributed by atoms with van der Waals surface area (Å²) in [5, 5.41) is 2.48. The molecule has 2 aromatic rings. The van der Waals surface area contributed by atoms with Crippen LogP contribution < -0.4 is 14.8 Å². The number of hydrogen-bond donors (Lipinski definition) is 1. The van der Waals surface area contributed by atoms with Crippen LogP contribution in [0.5, 0.6) is 11.5 Å². The Kier molecular flexibility index (Phi) is 7.62. The summed E-state index contributed by atoms with van der Waals surface area (Å²) in [6.45, 7) is 3.47. The normalized spacial score (nSPS) is 12.4. The molecular weight excluding hydrogens is 391 g/mol. The van der Waals surface area contributed by atoms with Gasteiger partial charge in [0.15, 0.2) is 18.1 Å². The third kappa shape index (κ3) is 6.09. The molecule has 2 rings (SSSR count). The highest BCUT2D eigenvalue weighted by molar-refractivity contribution is 7.99. The number of methoxy groups -OCH3 is 1. The number of halogens is 3. The van der Waals surface area contributed by atoms with Crippen LogP contribution in [0.3, 0.4) is 0 Å². The smallest absolute Gasteiger partial charge is 0.418 e. The lowest BCUT2D eigenvalue weighted by Crippen LogP contribution is -2.22. The van der Waals surface area contributed by atoms with Gasteiger partial charge in [0.2, 0.25) is 0 Å². The van der Waals surface area contributed by atoms with Gasteiger partial charge >= 0.3 is 6.18 Å². The van der Waals surface area contributed by atoms with E-state index in [4.69, 9.17) is 9.47 Å². The highest BCUT2D eigenvalue weighted by atomic mass is 32.2. The Bertz CT molecular complexity index is 812. The summed E-state index contributed by atoms with van der Waals surface area (Å²) in [5.41, 5.74) is -1.18. The molecule has 1 amide bonds. The van der Waals surface area contributed by atoms with Gasteiger partial charge in [0.05, 0.1) is 18.4 Å². The van der Waals surface area contributed by atoms with E-state index in [1.165, 1.54) is 24.9 Å². The quantitative estimate of drug-likeness (QED) is 0.571. The van der Waals surface area contributed by atoms with Crippen molar-refractivity contribution < 1.29 is 27.4 Å². The lowest BCUT2D eigenvalue weighted by atomic mass is 10.1. The van der Waals surface area contributed by atoms with Crippen molar-refractivity contribution in [2.75, 3.05) is 19.0 Å². The predicted molar refractivity (Wildman–Crippen MR) is 104 cm³/mol. The van der Waals surface area contributed by atoms with E-state index in [1.54, 1.807) is 30.3 Å². The maximum absolute atomic E-state index is 13.4. The van der Waals surface area contributed by atoms with E-state index in [0.29, 0.717) is 16.4 Å². The van der Waals surface area contributed by atoms with Gasteiger partial charge in [-0.3, -0.25) is 4.79 Å². The van der Waals surface area contributed by atoms with Crippen molar-refractivity contribution in [1.82, 2.24) is 0 Å². The molecule has 0 fully saturated rings. The summed E-state index contributed by atoms with van der Waals surface area (Å²) >= 11 is 1.36. The Morgan fingerprint density at radius 1 is 1.18 bits per heavy atom. The molecule has 0 spiro atoms. The molecule has 152 valence electrons. The Morgan fingerprint density at radius 3 is 2.46 bits per heavy atom. The molecule has 1 atom stereocenters. The monoisotopic (exact) mass is 413 g/mol. The summed E-state index contributed by atoms with van der Waals surface area (Å²) < 4.78 is 50.8. The first-order valence-corrected chi connectivity index (χ1v) is 9.56. The van der Waals surface area contributed by atoms with E-state index < -0.39 is 24.3 Å². The number of thioether (sulfide) groups is 1. The number of anilines is 1. The maximum Gasteiger partial charge on any atom is 0.418 e. The molecule has 0 aliphatic rings. The second-order valence-electron chi connectivity index (χ2n) is 6.03.